The lowest BCUT2D eigenvalue weighted by Crippen LogP contribution is -2.04. The molecule has 1 N–H and O–H groups in total. The fourth-order valence-corrected chi connectivity index (χ4v) is 2.07. The van der Waals surface area contributed by atoms with Gasteiger partial charge in [-0.2, -0.15) is 0 Å². The topological polar surface area (TPSA) is 37.8 Å². The summed E-state index contributed by atoms with van der Waals surface area (Å²) in [6.45, 7) is 5.88. The minimum absolute atomic E-state index is 0.208. The van der Waals surface area contributed by atoms with Crippen LogP contribution in [0.15, 0.2) is 28.9 Å². The highest BCUT2D eigenvalue weighted by Gasteiger charge is 2.10. The SMILES string of the molecule is Cc1cccc(F)c1Nc1cc(Br)nc(C(C)C)n1. The number of halogens is 2. The Hall–Kier alpha value is -1.49. The maximum Gasteiger partial charge on any atom is 0.146 e. The van der Waals surface area contributed by atoms with E-state index in [2.05, 4.69) is 31.2 Å². The van der Waals surface area contributed by atoms with Gasteiger partial charge in [0.2, 0.25) is 0 Å². The molecule has 0 unspecified atom stereocenters. The molecule has 0 aliphatic heterocycles. The van der Waals surface area contributed by atoms with Gasteiger partial charge in [-0.05, 0) is 34.5 Å². The minimum atomic E-state index is -0.291. The minimum Gasteiger partial charge on any atom is -0.337 e. The summed E-state index contributed by atoms with van der Waals surface area (Å²) in [6.07, 6.45) is 0. The van der Waals surface area contributed by atoms with Gasteiger partial charge in [-0.15, -0.1) is 0 Å². The van der Waals surface area contributed by atoms with Crippen LogP contribution in [0.2, 0.25) is 0 Å². The van der Waals surface area contributed by atoms with Gasteiger partial charge in [-0.3, -0.25) is 0 Å². The molecule has 0 amide bonds. The third-order valence-electron chi connectivity index (χ3n) is 2.70. The van der Waals surface area contributed by atoms with E-state index in [1.165, 1.54) is 6.07 Å². The van der Waals surface area contributed by atoms with Crippen molar-refractivity contribution in [3.63, 3.8) is 0 Å². The molecule has 0 spiro atoms. The number of hydrogen-bond acceptors (Lipinski definition) is 3. The number of benzene rings is 1. The lowest BCUT2D eigenvalue weighted by Gasteiger charge is -2.12. The molecule has 5 heteroatoms. The maximum atomic E-state index is 13.8. The average molecular weight is 324 g/mol. The van der Waals surface area contributed by atoms with E-state index >= 15 is 0 Å². The van der Waals surface area contributed by atoms with Gasteiger partial charge in [-0.1, -0.05) is 26.0 Å². The zero-order chi connectivity index (χ0) is 14.0. The van der Waals surface area contributed by atoms with E-state index in [0.29, 0.717) is 21.9 Å². The van der Waals surface area contributed by atoms with Gasteiger partial charge in [0.25, 0.3) is 0 Å². The Labute approximate surface area is 120 Å². The van der Waals surface area contributed by atoms with Gasteiger partial charge in [0.1, 0.15) is 22.1 Å². The number of rotatable bonds is 3. The molecule has 0 aliphatic rings. The molecule has 2 rings (SSSR count). The number of nitrogens with zero attached hydrogens (tertiary/aromatic N) is 2. The lowest BCUT2D eigenvalue weighted by atomic mass is 10.2. The molecule has 100 valence electrons. The normalized spacial score (nSPS) is 10.8. The molecule has 0 atom stereocenters. The highest BCUT2D eigenvalue weighted by Crippen LogP contribution is 2.25. The van der Waals surface area contributed by atoms with E-state index in [0.717, 1.165) is 5.56 Å². The molecule has 0 radical (unpaired) electrons. The van der Waals surface area contributed by atoms with E-state index < -0.39 is 0 Å². The summed E-state index contributed by atoms with van der Waals surface area (Å²) in [5.41, 5.74) is 1.28. The summed E-state index contributed by atoms with van der Waals surface area (Å²) in [4.78, 5) is 8.68. The van der Waals surface area contributed by atoms with Crippen LogP contribution in [0, 0.1) is 12.7 Å². The second-order valence-corrected chi connectivity index (χ2v) is 5.46. The summed E-state index contributed by atoms with van der Waals surface area (Å²) >= 11 is 3.35. The van der Waals surface area contributed by atoms with Gasteiger partial charge in [0.05, 0.1) is 5.69 Å². The molecule has 0 fully saturated rings. The van der Waals surface area contributed by atoms with Crippen molar-refractivity contribution in [3.05, 3.63) is 46.1 Å². The Morgan fingerprint density at radius 2 is 2.00 bits per heavy atom. The highest BCUT2D eigenvalue weighted by molar-refractivity contribution is 9.10. The summed E-state index contributed by atoms with van der Waals surface area (Å²) in [7, 11) is 0. The largest absolute Gasteiger partial charge is 0.337 e. The standard InChI is InChI=1S/C14H15BrFN3/c1-8(2)14-17-11(15)7-12(19-14)18-13-9(3)5-4-6-10(13)16/h4-8H,1-3H3,(H,17,18,19). The third-order valence-corrected chi connectivity index (χ3v) is 3.11. The monoisotopic (exact) mass is 323 g/mol. The van der Waals surface area contributed by atoms with Crippen molar-refractivity contribution in [3.8, 4) is 0 Å². The quantitative estimate of drug-likeness (QED) is 0.842. The number of aryl methyl sites for hydroxylation is 1. The van der Waals surface area contributed by atoms with E-state index in [9.17, 15) is 4.39 Å². The summed E-state index contributed by atoms with van der Waals surface area (Å²) in [5, 5.41) is 3.02. The Bertz CT molecular complexity index is 579. The molecular weight excluding hydrogens is 309 g/mol. The zero-order valence-corrected chi connectivity index (χ0v) is 12.6. The molecule has 19 heavy (non-hydrogen) atoms. The molecule has 1 aromatic heterocycles. The molecule has 2 aromatic rings. The van der Waals surface area contributed by atoms with Crippen molar-refractivity contribution >= 4 is 27.4 Å². The van der Waals surface area contributed by atoms with Crippen LogP contribution in [-0.2, 0) is 0 Å². The molecule has 0 bridgehead atoms. The summed E-state index contributed by atoms with van der Waals surface area (Å²) < 4.78 is 14.5. The first-order valence-electron chi connectivity index (χ1n) is 6.04. The average Bonchev–Trinajstić information content (AvgIpc) is 2.33. The predicted octanol–water partition coefficient (Wildman–Crippen LogP) is 4.55. The number of anilines is 2. The van der Waals surface area contributed by atoms with Gasteiger partial charge in [0, 0.05) is 12.0 Å². The Kier molecular flexibility index (Phi) is 4.14. The Morgan fingerprint density at radius 1 is 1.26 bits per heavy atom. The molecule has 0 saturated carbocycles. The van der Waals surface area contributed by atoms with Crippen LogP contribution in [0.1, 0.15) is 31.2 Å². The first-order chi connectivity index (χ1) is 8.97. The highest BCUT2D eigenvalue weighted by atomic mass is 79.9. The van der Waals surface area contributed by atoms with Crippen LogP contribution in [0.5, 0.6) is 0 Å². The van der Waals surface area contributed by atoms with Crippen LogP contribution in [0.3, 0.4) is 0 Å². The molecular formula is C14H15BrFN3. The van der Waals surface area contributed by atoms with Crippen molar-refractivity contribution in [2.75, 3.05) is 5.32 Å². The van der Waals surface area contributed by atoms with E-state index in [1.54, 1.807) is 12.1 Å². The number of nitrogens with one attached hydrogen (secondary N) is 1. The third kappa shape index (κ3) is 3.29. The van der Waals surface area contributed by atoms with Crippen molar-refractivity contribution in [1.29, 1.82) is 0 Å². The molecule has 0 saturated heterocycles. The molecule has 3 nitrogen and oxygen atoms in total. The van der Waals surface area contributed by atoms with Crippen LogP contribution in [-0.4, -0.2) is 9.97 Å². The molecule has 1 aromatic carbocycles. The molecule has 0 aliphatic carbocycles. The van der Waals surface area contributed by atoms with Gasteiger partial charge in [0.15, 0.2) is 0 Å². The number of hydrogen-bond donors (Lipinski definition) is 1. The number of aromatic nitrogens is 2. The summed E-state index contributed by atoms with van der Waals surface area (Å²) in [6, 6.07) is 6.70. The number of para-hydroxylation sites is 1. The van der Waals surface area contributed by atoms with Crippen molar-refractivity contribution in [2.45, 2.75) is 26.7 Å². The second-order valence-electron chi connectivity index (χ2n) is 4.65. The summed E-state index contributed by atoms with van der Waals surface area (Å²) in [5.74, 6) is 1.21. The van der Waals surface area contributed by atoms with Crippen LogP contribution in [0.4, 0.5) is 15.9 Å². The van der Waals surface area contributed by atoms with E-state index in [4.69, 9.17) is 0 Å². The van der Waals surface area contributed by atoms with Crippen LogP contribution < -0.4 is 5.32 Å². The Balaban J connectivity index is 2.38. The molecule has 1 heterocycles. The zero-order valence-electron chi connectivity index (χ0n) is 11.0. The lowest BCUT2D eigenvalue weighted by molar-refractivity contribution is 0.630. The fourth-order valence-electron chi connectivity index (χ4n) is 1.68. The second kappa shape index (κ2) is 5.65. The Morgan fingerprint density at radius 3 is 2.63 bits per heavy atom. The van der Waals surface area contributed by atoms with Gasteiger partial charge < -0.3 is 5.32 Å². The van der Waals surface area contributed by atoms with Gasteiger partial charge >= 0.3 is 0 Å². The van der Waals surface area contributed by atoms with E-state index in [-0.39, 0.29) is 11.7 Å². The van der Waals surface area contributed by atoms with E-state index in [1.807, 2.05) is 26.8 Å². The fraction of sp³-hybridized carbons (Fsp3) is 0.286. The van der Waals surface area contributed by atoms with Crippen molar-refractivity contribution in [2.24, 2.45) is 0 Å². The first-order valence-corrected chi connectivity index (χ1v) is 6.83. The van der Waals surface area contributed by atoms with Crippen LogP contribution >= 0.6 is 15.9 Å². The smallest absolute Gasteiger partial charge is 0.146 e. The predicted molar refractivity (Wildman–Crippen MR) is 78.2 cm³/mol. The van der Waals surface area contributed by atoms with Crippen molar-refractivity contribution in [1.82, 2.24) is 9.97 Å². The van der Waals surface area contributed by atoms with Crippen molar-refractivity contribution < 1.29 is 4.39 Å². The maximum absolute atomic E-state index is 13.8. The van der Waals surface area contributed by atoms with Crippen LogP contribution in [0.25, 0.3) is 0 Å². The van der Waals surface area contributed by atoms with Gasteiger partial charge in [-0.25, -0.2) is 14.4 Å². The first kappa shape index (κ1) is 13.9.